The summed E-state index contributed by atoms with van der Waals surface area (Å²) < 4.78 is 4.80. The van der Waals surface area contributed by atoms with Gasteiger partial charge in [-0.1, -0.05) is 5.16 Å². The molecule has 0 aliphatic carbocycles. The average molecular weight is 198 g/mol. The highest BCUT2D eigenvalue weighted by Gasteiger charge is 2.04. The van der Waals surface area contributed by atoms with E-state index in [1.54, 1.807) is 13.0 Å². The zero-order valence-corrected chi connectivity index (χ0v) is 8.06. The van der Waals surface area contributed by atoms with Crippen LogP contribution >= 0.6 is 0 Å². The van der Waals surface area contributed by atoms with Crippen LogP contribution in [0.15, 0.2) is 16.8 Å². The fourth-order valence-corrected chi connectivity index (χ4v) is 0.947. The minimum Gasteiger partial charge on any atom is -0.393 e. The van der Waals surface area contributed by atoms with E-state index in [9.17, 15) is 4.79 Å². The van der Waals surface area contributed by atoms with Crippen LogP contribution in [0.4, 0.5) is 0 Å². The van der Waals surface area contributed by atoms with Crippen LogP contribution in [0.1, 0.15) is 25.5 Å². The van der Waals surface area contributed by atoms with Gasteiger partial charge in [-0.05, 0) is 13.3 Å². The van der Waals surface area contributed by atoms with Crippen molar-refractivity contribution in [3.63, 3.8) is 0 Å². The van der Waals surface area contributed by atoms with E-state index in [4.69, 9.17) is 9.63 Å². The van der Waals surface area contributed by atoms with Gasteiger partial charge in [0.05, 0.1) is 18.8 Å². The van der Waals surface area contributed by atoms with Crippen molar-refractivity contribution in [3.05, 3.63) is 18.0 Å². The Hall–Kier alpha value is -1.36. The predicted octanol–water partition coefficient (Wildman–Crippen LogP) is 0.452. The van der Waals surface area contributed by atoms with Gasteiger partial charge in [0.1, 0.15) is 0 Å². The molecule has 1 atom stereocenters. The van der Waals surface area contributed by atoms with Gasteiger partial charge in [-0.2, -0.15) is 0 Å². The molecule has 1 aromatic heterocycles. The summed E-state index contributed by atoms with van der Waals surface area (Å²) in [4.78, 5) is 11.2. The number of amides is 1. The van der Waals surface area contributed by atoms with Crippen LogP contribution in [0.5, 0.6) is 0 Å². The number of hydrogen-bond donors (Lipinski definition) is 2. The van der Waals surface area contributed by atoms with Crippen LogP contribution in [0.3, 0.4) is 0 Å². The molecule has 2 N–H and O–H groups in total. The van der Waals surface area contributed by atoms with Crippen molar-refractivity contribution in [1.82, 2.24) is 10.5 Å². The van der Waals surface area contributed by atoms with Gasteiger partial charge < -0.3 is 14.9 Å². The summed E-state index contributed by atoms with van der Waals surface area (Å²) in [5.74, 6) is 0.526. The molecule has 1 heterocycles. The van der Waals surface area contributed by atoms with Gasteiger partial charge in [0.25, 0.3) is 0 Å². The Balaban J connectivity index is 2.15. The topological polar surface area (TPSA) is 75.4 Å². The molecule has 0 bridgehead atoms. The number of aliphatic hydroxyl groups excluding tert-OH is 1. The molecule has 5 heteroatoms. The van der Waals surface area contributed by atoms with E-state index in [2.05, 4.69) is 10.5 Å². The van der Waals surface area contributed by atoms with Gasteiger partial charge in [-0.25, -0.2) is 0 Å². The van der Waals surface area contributed by atoms with E-state index >= 15 is 0 Å². The molecule has 0 fully saturated rings. The van der Waals surface area contributed by atoms with Gasteiger partial charge in [-0.15, -0.1) is 0 Å². The number of hydrogen-bond acceptors (Lipinski definition) is 4. The first kappa shape index (κ1) is 10.7. The molecule has 1 aromatic rings. The minimum absolute atomic E-state index is 0.0951. The number of carbonyl (C=O) groups excluding carboxylic acids is 1. The summed E-state index contributed by atoms with van der Waals surface area (Å²) in [5.41, 5.74) is 0. The van der Waals surface area contributed by atoms with Gasteiger partial charge in [0.2, 0.25) is 5.91 Å². The van der Waals surface area contributed by atoms with E-state index in [1.165, 1.54) is 6.20 Å². The van der Waals surface area contributed by atoms with Crippen molar-refractivity contribution in [2.75, 3.05) is 0 Å². The average Bonchev–Trinajstić information content (AvgIpc) is 2.63. The lowest BCUT2D eigenvalue weighted by Gasteiger charge is -2.04. The molecule has 1 amide bonds. The van der Waals surface area contributed by atoms with E-state index in [0.717, 1.165) is 0 Å². The number of nitrogens with one attached hydrogen (secondary N) is 1. The molecule has 0 aliphatic heterocycles. The van der Waals surface area contributed by atoms with E-state index in [-0.39, 0.29) is 5.91 Å². The SMILES string of the molecule is CC(O)CCC(=O)NCc1ccno1. The number of aliphatic hydroxyl groups is 1. The Morgan fingerprint density at radius 1 is 1.79 bits per heavy atom. The third kappa shape index (κ3) is 4.04. The van der Waals surface area contributed by atoms with Crippen LogP contribution in [0.25, 0.3) is 0 Å². The quantitative estimate of drug-likeness (QED) is 0.720. The van der Waals surface area contributed by atoms with Gasteiger partial charge in [-0.3, -0.25) is 4.79 Å². The van der Waals surface area contributed by atoms with Crippen molar-refractivity contribution in [2.24, 2.45) is 0 Å². The molecule has 1 unspecified atom stereocenters. The van der Waals surface area contributed by atoms with E-state index in [0.29, 0.717) is 25.1 Å². The Kier molecular flexibility index (Phi) is 4.12. The molecule has 0 aliphatic rings. The van der Waals surface area contributed by atoms with E-state index in [1.807, 2.05) is 0 Å². The second-order valence-electron chi connectivity index (χ2n) is 3.14. The Morgan fingerprint density at radius 2 is 2.57 bits per heavy atom. The van der Waals surface area contributed by atoms with E-state index < -0.39 is 6.10 Å². The lowest BCUT2D eigenvalue weighted by molar-refractivity contribution is -0.121. The summed E-state index contributed by atoms with van der Waals surface area (Å²) >= 11 is 0. The molecular formula is C9H14N2O3. The largest absolute Gasteiger partial charge is 0.393 e. The summed E-state index contributed by atoms with van der Waals surface area (Å²) in [6.45, 7) is 2.00. The molecule has 5 nitrogen and oxygen atoms in total. The molecular weight excluding hydrogens is 184 g/mol. The molecule has 0 spiro atoms. The van der Waals surface area contributed by atoms with Crippen molar-refractivity contribution >= 4 is 5.91 Å². The fraction of sp³-hybridized carbons (Fsp3) is 0.556. The van der Waals surface area contributed by atoms with Gasteiger partial charge in [0, 0.05) is 12.5 Å². The second-order valence-corrected chi connectivity index (χ2v) is 3.14. The van der Waals surface area contributed by atoms with Crippen molar-refractivity contribution in [3.8, 4) is 0 Å². The standard InChI is InChI=1S/C9H14N2O3/c1-7(12)2-3-9(13)10-6-8-4-5-11-14-8/h4-5,7,12H,2-3,6H2,1H3,(H,10,13). The summed E-state index contributed by atoms with van der Waals surface area (Å²) in [7, 11) is 0. The lowest BCUT2D eigenvalue weighted by atomic mass is 10.2. The first-order valence-electron chi connectivity index (χ1n) is 4.53. The number of nitrogens with zero attached hydrogens (tertiary/aromatic N) is 1. The normalized spacial score (nSPS) is 12.4. The van der Waals surface area contributed by atoms with Crippen molar-refractivity contribution < 1.29 is 14.4 Å². The maximum absolute atomic E-state index is 11.2. The molecule has 0 aromatic carbocycles. The first-order valence-corrected chi connectivity index (χ1v) is 4.53. The number of carbonyl (C=O) groups is 1. The van der Waals surface area contributed by atoms with Crippen molar-refractivity contribution in [2.45, 2.75) is 32.4 Å². The Bertz CT molecular complexity index is 270. The third-order valence-electron chi connectivity index (χ3n) is 1.74. The van der Waals surface area contributed by atoms with Crippen LogP contribution in [0, 0.1) is 0 Å². The maximum Gasteiger partial charge on any atom is 0.220 e. The minimum atomic E-state index is -0.439. The monoisotopic (exact) mass is 198 g/mol. The van der Waals surface area contributed by atoms with Crippen LogP contribution < -0.4 is 5.32 Å². The predicted molar refractivity (Wildman–Crippen MR) is 49.3 cm³/mol. The molecule has 14 heavy (non-hydrogen) atoms. The summed E-state index contributed by atoms with van der Waals surface area (Å²) in [5, 5.41) is 15.1. The smallest absolute Gasteiger partial charge is 0.220 e. The maximum atomic E-state index is 11.2. The fourth-order valence-electron chi connectivity index (χ4n) is 0.947. The van der Waals surface area contributed by atoms with Crippen LogP contribution in [0.2, 0.25) is 0 Å². The van der Waals surface area contributed by atoms with Crippen molar-refractivity contribution in [1.29, 1.82) is 0 Å². The molecule has 0 saturated heterocycles. The highest BCUT2D eigenvalue weighted by Crippen LogP contribution is 1.98. The Labute approximate surface area is 82.1 Å². The lowest BCUT2D eigenvalue weighted by Crippen LogP contribution is -2.23. The van der Waals surface area contributed by atoms with Gasteiger partial charge in [0.15, 0.2) is 5.76 Å². The Morgan fingerprint density at radius 3 is 3.14 bits per heavy atom. The zero-order chi connectivity index (χ0) is 10.4. The number of aromatic nitrogens is 1. The highest BCUT2D eigenvalue weighted by atomic mass is 16.5. The highest BCUT2D eigenvalue weighted by molar-refractivity contribution is 5.75. The molecule has 0 saturated carbocycles. The number of rotatable bonds is 5. The second kappa shape index (κ2) is 5.39. The van der Waals surface area contributed by atoms with Gasteiger partial charge >= 0.3 is 0 Å². The zero-order valence-electron chi connectivity index (χ0n) is 8.06. The van der Waals surface area contributed by atoms with Crippen LogP contribution in [-0.4, -0.2) is 22.3 Å². The summed E-state index contributed by atoms with van der Waals surface area (Å²) in [6.07, 6.45) is 1.89. The third-order valence-corrected chi connectivity index (χ3v) is 1.74. The first-order chi connectivity index (χ1) is 6.68. The molecule has 78 valence electrons. The molecule has 1 rings (SSSR count). The molecule has 0 radical (unpaired) electrons. The van der Waals surface area contributed by atoms with Crippen LogP contribution in [-0.2, 0) is 11.3 Å². The summed E-state index contributed by atoms with van der Waals surface area (Å²) in [6, 6.07) is 1.69.